The largest absolute Gasteiger partial charge is 0.287 e. The van der Waals surface area contributed by atoms with E-state index in [0.717, 1.165) is 25.1 Å². The topological polar surface area (TPSA) is 71.3 Å². The van der Waals surface area contributed by atoms with Crippen LogP contribution in [0.15, 0.2) is 18.5 Å². The average molecular weight is 222 g/mol. The molecule has 1 aliphatic rings. The average Bonchev–Trinajstić information content (AvgIpc) is 2.77. The number of pyridine rings is 1. The minimum atomic E-state index is -0.401. The van der Waals surface area contributed by atoms with Crippen molar-refractivity contribution in [1.29, 1.82) is 0 Å². The Labute approximate surface area is 93.4 Å². The highest BCUT2D eigenvalue weighted by Crippen LogP contribution is 2.27. The van der Waals surface area contributed by atoms with Gasteiger partial charge in [-0.3, -0.25) is 20.5 Å². The van der Waals surface area contributed by atoms with Gasteiger partial charge in [0, 0.05) is 31.3 Å². The third-order valence-corrected chi connectivity index (χ3v) is 2.93. The van der Waals surface area contributed by atoms with Crippen molar-refractivity contribution in [3.63, 3.8) is 0 Å². The molecule has 1 fully saturated rings. The Morgan fingerprint density at radius 2 is 2.44 bits per heavy atom. The van der Waals surface area contributed by atoms with E-state index in [1.54, 1.807) is 12.3 Å². The van der Waals surface area contributed by atoms with Crippen molar-refractivity contribution in [2.45, 2.75) is 12.3 Å². The molecular formula is C10H14N4O2. The zero-order valence-electron chi connectivity index (χ0n) is 9.09. The number of hydrogen-bond acceptors (Lipinski definition) is 5. The summed E-state index contributed by atoms with van der Waals surface area (Å²) in [5, 5.41) is 12.7. The fourth-order valence-electron chi connectivity index (χ4n) is 2.00. The van der Waals surface area contributed by atoms with E-state index in [1.807, 2.05) is 7.05 Å². The molecule has 0 amide bonds. The van der Waals surface area contributed by atoms with E-state index in [4.69, 9.17) is 0 Å². The zero-order valence-corrected chi connectivity index (χ0v) is 9.09. The third kappa shape index (κ3) is 2.17. The number of rotatable bonds is 3. The predicted molar refractivity (Wildman–Crippen MR) is 58.9 cm³/mol. The first-order valence-electron chi connectivity index (χ1n) is 5.22. The van der Waals surface area contributed by atoms with E-state index in [2.05, 4.69) is 15.4 Å². The first-order valence-corrected chi connectivity index (χ1v) is 5.22. The van der Waals surface area contributed by atoms with Gasteiger partial charge in [-0.25, -0.2) is 5.01 Å². The van der Waals surface area contributed by atoms with Gasteiger partial charge in [-0.2, -0.15) is 0 Å². The summed E-state index contributed by atoms with van der Waals surface area (Å²) in [6, 6.07) is 1.62. The summed E-state index contributed by atoms with van der Waals surface area (Å²) >= 11 is 0. The zero-order chi connectivity index (χ0) is 11.5. The molecule has 0 radical (unpaired) electrons. The van der Waals surface area contributed by atoms with Crippen LogP contribution in [0.25, 0.3) is 0 Å². The summed E-state index contributed by atoms with van der Waals surface area (Å²) in [5.74, 6) is 0.333. The number of nitrogens with zero attached hydrogens (tertiary/aromatic N) is 3. The summed E-state index contributed by atoms with van der Waals surface area (Å²) in [7, 11) is 1.88. The van der Waals surface area contributed by atoms with Gasteiger partial charge in [-0.15, -0.1) is 0 Å². The molecule has 6 heteroatoms. The number of nitro groups is 1. The highest BCUT2D eigenvalue weighted by atomic mass is 16.6. The van der Waals surface area contributed by atoms with Gasteiger partial charge in [0.25, 0.3) is 5.69 Å². The Hall–Kier alpha value is -1.53. The molecule has 0 aliphatic carbocycles. The summed E-state index contributed by atoms with van der Waals surface area (Å²) in [6.07, 6.45) is 4.01. The van der Waals surface area contributed by atoms with Crippen molar-refractivity contribution in [2.75, 3.05) is 20.1 Å². The van der Waals surface area contributed by atoms with Crippen molar-refractivity contribution in [2.24, 2.45) is 0 Å². The van der Waals surface area contributed by atoms with E-state index in [-0.39, 0.29) is 5.69 Å². The van der Waals surface area contributed by atoms with Gasteiger partial charge in [0.05, 0.1) is 4.92 Å². The molecule has 1 aromatic rings. The molecule has 0 unspecified atom stereocenters. The molecule has 0 bridgehead atoms. The van der Waals surface area contributed by atoms with E-state index >= 15 is 0 Å². The van der Waals surface area contributed by atoms with Crippen LogP contribution in [0.3, 0.4) is 0 Å². The van der Waals surface area contributed by atoms with Crippen LogP contribution >= 0.6 is 0 Å². The van der Waals surface area contributed by atoms with Crippen molar-refractivity contribution in [3.05, 3.63) is 34.1 Å². The minimum absolute atomic E-state index is 0.0698. The maximum atomic E-state index is 10.6. The van der Waals surface area contributed by atoms with E-state index in [1.165, 1.54) is 6.20 Å². The lowest BCUT2D eigenvalue weighted by Crippen LogP contribution is -2.32. The van der Waals surface area contributed by atoms with Crippen LogP contribution in [0.1, 0.15) is 17.9 Å². The van der Waals surface area contributed by atoms with Gasteiger partial charge < -0.3 is 0 Å². The summed E-state index contributed by atoms with van der Waals surface area (Å²) in [4.78, 5) is 14.2. The Kier molecular flexibility index (Phi) is 3.12. The fourth-order valence-corrected chi connectivity index (χ4v) is 2.00. The Balaban J connectivity index is 2.15. The van der Waals surface area contributed by atoms with Crippen LogP contribution in [0.5, 0.6) is 0 Å². The molecule has 1 aromatic heterocycles. The van der Waals surface area contributed by atoms with Crippen LogP contribution in [0.4, 0.5) is 5.69 Å². The standard InChI is InChI=1S/C10H14N4O2/c1-11-13-3-2-8(7-13)9-4-10(14(15)16)6-12-5-9/h4-6,8,11H,2-3,7H2,1H3/t8-/m1/s1. The summed E-state index contributed by atoms with van der Waals surface area (Å²) in [6.45, 7) is 1.84. The molecule has 2 heterocycles. The van der Waals surface area contributed by atoms with Crippen molar-refractivity contribution < 1.29 is 4.92 Å². The molecule has 0 spiro atoms. The smallest absolute Gasteiger partial charge is 0.258 e. The third-order valence-electron chi connectivity index (χ3n) is 2.93. The van der Waals surface area contributed by atoms with Gasteiger partial charge in [-0.05, 0) is 19.0 Å². The molecule has 1 N–H and O–H groups in total. The molecule has 16 heavy (non-hydrogen) atoms. The van der Waals surface area contributed by atoms with Crippen LogP contribution in [0.2, 0.25) is 0 Å². The number of aromatic nitrogens is 1. The molecule has 2 rings (SSSR count). The fraction of sp³-hybridized carbons (Fsp3) is 0.500. The Morgan fingerprint density at radius 1 is 1.62 bits per heavy atom. The van der Waals surface area contributed by atoms with Gasteiger partial charge in [-0.1, -0.05) is 0 Å². The van der Waals surface area contributed by atoms with E-state index in [0.29, 0.717) is 5.92 Å². The van der Waals surface area contributed by atoms with Gasteiger partial charge >= 0.3 is 0 Å². The highest BCUT2D eigenvalue weighted by molar-refractivity contribution is 5.32. The van der Waals surface area contributed by atoms with Crippen LogP contribution < -0.4 is 5.43 Å². The molecule has 1 atom stereocenters. The Morgan fingerprint density at radius 3 is 3.06 bits per heavy atom. The SMILES string of the molecule is CNN1CC[C@@H](c2cncc([N+](=O)[O-])c2)C1. The van der Waals surface area contributed by atoms with E-state index < -0.39 is 4.92 Å². The molecule has 0 aromatic carbocycles. The summed E-state index contributed by atoms with van der Waals surface area (Å²) in [5.41, 5.74) is 4.10. The van der Waals surface area contributed by atoms with Crippen molar-refractivity contribution >= 4 is 5.69 Å². The minimum Gasteiger partial charge on any atom is -0.258 e. The first-order chi connectivity index (χ1) is 7.70. The second kappa shape index (κ2) is 4.54. The lowest BCUT2D eigenvalue weighted by atomic mass is 10.0. The lowest BCUT2D eigenvalue weighted by molar-refractivity contribution is -0.385. The molecule has 6 nitrogen and oxygen atoms in total. The second-order valence-electron chi connectivity index (χ2n) is 3.89. The molecule has 0 saturated carbocycles. The normalized spacial score (nSPS) is 21.2. The van der Waals surface area contributed by atoms with Gasteiger partial charge in [0.2, 0.25) is 0 Å². The van der Waals surface area contributed by atoms with Crippen LogP contribution in [0, 0.1) is 10.1 Å². The monoisotopic (exact) mass is 222 g/mol. The maximum Gasteiger partial charge on any atom is 0.287 e. The quantitative estimate of drug-likeness (QED) is 0.608. The number of hydrogen-bond donors (Lipinski definition) is 1. The van der Waals surface area contributed by atoms with Gasteiger partial charge in [0.15, 0.2) is 0 Å². The maximum absolute atomic E-state index is 10.6. The molecular weight excluding hydrogens is 208 g/mol. The van der Waals surface area contributed by atoms with Crippen molar-refractivity contribution in [1.82, 2.24) is 15.4 Å². The number of hydrazine groups is 1. The molecule has 86 valence electrons. The van der Waals surface area contributed by atoms with Gasteiger partial charge in [0.1, 0.15) is 6.20 Å². The summed E-state index contributed by atoms with van der Waals surface area (Å²) < 4.78 is 0. The Bertz CT molecular complexity index is 396. The lowest BCUT2D eigenvalue weighted by Gasteiger charge is -2.13. The first kappa shape index (κ1) is 11.0. The second-order valence-corrected chi connectivity index (χ2v) is 3.89. The van der Waals surface area contributed by atoms with Crippen molar-refractivity contribution in [3.8, 4) is 0 Å². The van der Waals surface area contributed by atoms with Crippen LogP contribution in [-0.2, 0) is 0 Å². The number of nitrogens with one attached hydrogen (secondary N) is 1. The van der Waals surface area contributed by atoms with Crippen LogP contribution in [-0.4, -0.2) is 35.1 Å². The molecule has 1 saturated heterocycles. The molecule has 1 aliphatic heterocycles. The predicted octanol–water partition coefficient (Wildman–Crippen LogP) is 0.913. The van der Waals surface area contributed by atoms with E-state index in [9.17, 15) is 10.1 Å². The highest BCUT2D eigenvalue weighted by Gasteiger charge is 2.24.